The molecule has 0 radical (unpaired) electrons. The Labute approximate surface area is 143 Å². The predicted molar refractivity (Wildman–Crippen MR) is 88.0 cm³/mol. The van der Waals surface area contributed by atoms with Crippen molar-refractivity contribution in [2.75, 3.05) is 13.7 Å². The van der Waals surface area contributed by atoms with Gasteiger partial charge in [-0.2, -0.15) is 4.37 Å². The molecule has 1 saturated carbocycles. The third kappa shape index (κ3) is 4.10. The predicted octanol–water partition coefficient (Wildman–Crippen LogP) is 0.886. The van der Waals surface area contributed by atoms with Crippen LogP contribution in [0.5, 0.6) is 5.88 Å². The number of carbonyl (C=O) groups excluding carboxylic acids is 2. The number of rotatable bonds is 8. The molecular weight excluding hydrogens is 330 g/mol. The minimum Gasteiger partial charge on any atom is -0.480 e. The molecule has 0 aromatic carbocycles. The van der Waals surface area contributed by atoms with Crippen LogP contribution in [0.1, 0.15) is 34.8 Å². The van der Waals surface area contributed by atoms with Crippen LogP contribution in [0.4, 0.5) is 0 Å². The molecule has 0 saturated heterocycles. The third-order valence-electron chi connectivity index (χ3n) is 3.91. The molecule has 128 valence electrons. The van der Waals surface area contributed by atoms with E-state index in [4.69, 9.17) is 4.74 Å². The summed E-state index contributed by atoms with van der Waals surface area (Å²) in [5.41, 5.74) is -0.315. The first-order chi connectivity index (χ1) is 11.6. The summed E-state index contributed by atoms with van der Waals surface area (Å²) in [4.78, 5) is 31.7. The van der Waals surface area contributed by atoms with Crippen molar-refractivity contribution in [3.63, 3.8) is 0 Å². The van der Waals surface area contributed by atoms with Crippen molar-refractivity contribution < 1.29 is 14.3 Å². The maximum Gasteiger partial charge on any atom is 0.263 e. The Hall–Kier alpha value is -2.42. The number of nitrogens with zero attached hydrogens (tertiary/aromatic N) is 2. The van der Waals surface area contributed by atoms with E-state index in [1.54, 1.807) is 18.5 Å². The Kier molecular flexibility index (Phi) is 4.79. The molecule has 8 nitrogen and oxygen atoms in total. The number of aryl methyl sites for hydroxylation is 1. The summed E-state index contributed by atoms with van der Waals surface area (Å²) in [6.07, 6.45) is 6.08. The molecule has 2 aromatic rings. The number of amides is 2. The van der Waals surface area contributed by atoms with Gasteiger partial charge in [0.05, 0.1) is 12.6 Å². The molecular formula is C15H19N5O3S. The van der Waals surface area contributed by atoms with Crippen molar-refractivity contribution in [3.05, 3.63) is 29.2 Å². The van der Waals surface area contributed by atoms with Gasteiger partial charge in [0.1, 0.15) is 10.7 Å². The molecule has 9 heteroatoms. The van der Waals surface area contributed by atoms with E-state index in [0.717, 1.165) is 30.2 Å². The van der Waals surface area contributed by atoms with Crippen molar-refractivity contribution >= 4 is 23.3 Å². The molecule has 0 aliphatic heterocycles. The van der Waals surface area contributed by atoms with Crippen molar-refractivity contribution in [2.45, 2.75) is 31.2 Å². The first-order valence-electron chi connectivity index (χ1n) is 7.68. The molecule has 2 heterocycles. The molecule has 1 aliphatic rings. The highest BCUT2D eigenvalue weighted by atomic mass is 32.1. The fourth-order valence-electron chi connectivity index (χ4n) is 2.32. The maximum absolute atomic E-state index is 12.1. The monoisotopic (exact) mass is 349 g/mol. The normalized spacial score (nSPS) is 14.9. The molecule has 0 bridgehead atoms. The summed E-state index contributed by atoms with van der Waals surface area (Å²) in [5, 5.41) is 5.88. The van der Waals surface area contributed by atoms with Crippen molar-refractivity contribution in [2.24, 2.45) is 0 Å². The van der Waals surface area contributed by atoms with Crippen molar-refractivity contribution in [1.29, 1.82) is 0 Å². The van der Waals surface area contributed by atoms with E-state index in [1.165, 1.54) is 7.11 Å². The number of aromatic amines is 1. The lowest BCUT2D eigenvalue weighted by Gasteiger charge is -2.17. The van der Waals surface area contributed by atoms with E-state index in [1.807, 2.05) is 0 Å². The van der Waals surface area contributed by atoms with Crippen LogP contribution in [0.2, 0.25) is 0 Å². The molecule has 3 N–H and O–H groups in total. The van der Waals surface area contributed by atoms with Gasteiger partial charge in [0.25, 0.3) is 5.91 Å². The first kappa shape index (κ1) is 16.4. The number of imidazole rings is 1. The third-order valence-corrected chi connectivity index (χ3v) is 4.68. The molecule has 1 aliphatic carbocycles. The number of hydrogen-bond donors (Lipinski definition) is 3. The fourth-order valence-corrected chi connectivity index (χ4v) is 2.94. The van der Waals surface area contributed by atoms with E-state index in [2.05, 4.69) is 25.0 Å². The van der Waals surface area contributed by atoms with E-state index in [0.29, 0.717) is 30.1 Å². The Morgan fingerprint density at radius 1 is 1.46 bits per heavy atom. The summed E-state index contributed by atoms with van der Waals surface area (Å²) >= 11 is 1.09. The number of ether oxygens (including phenoxy) is 1. The molecule has 0 atom stereocenters. The number of H-pyrrole nitrogens is 1. The summed E-state index contributed by atoms with van der Waals surface area (Å²) in [6, 6.07) is 1.60. The summed E-state index contributed by atoms with van der Waals surface area (Å²) in [5.74, 6) is 0.990. The second-order valence-electron chi connectivity index (χ2n) is 5.78. The second-order valence-corrected chi connectivity index (χ2v) is 6.59. The van der Waals surface area contributed by atoms with Crippen LogP contribution in [-0.4, -0.2) is 45.3 Å². The number of methoxy groups -OCH3 is 1. The smallest absolute Gasteiger partial charge is 0.263 e. The molecule has 1 fully saturated rings. The van der Waals surface area contributed by atoms with Crippen LogP contribution in [0.3, 0.4) is 0 Å². The lowest BCUT2D eigenvalue weighted by atomic mass is 10.2. The quantitative estimate of drug-likeness (QED) is 0.656. The minimum atomic E-state index is -0.315. The van der Waals surface area contributed by atoms with Gasteiger partial charge in [-0.05, 0) is 24.4 Å². The summed E-state index contributed by atoms with van der Waals surface area (Å²) in [6.45, 7) is 0.415. The van der Waals surface area contributed by atoms with Crippen LogP contribution < -0.4 is 15.4 Å². The van der Waals surface area contributed by atoms with E-state index >= 15 is 0 Å². The van der Waals surface area contributed by atoms with Gasteiger partial charge in [-0.3, -0.25) is 9.59 Å². The molecule has 0 unspecified atom stereocenters. The summed E-state index contributed by atoms with van der Waals surface area (Å²) in [7, 11) is 1.51. The number of nitrogens with one attached hydrogen (secondary N) is 3. The Morgan fingerprint density at radius 2 is 2.29 bits per heavy atom. The minimum absolute atomic E-state index is 0.0300. The highest BCUT2D eigenvalue weighted by molar-refractivity contribution is 7.08. The zero-order chi connectivity index (χ0) is 17.0. The van der Waals surface area contributed by atoms with Crippen LogP contribution in [0.25, 0.3) is 0 Å². The van der Waals surface area contributed by atoms with Crippen LogP contribution in [-0.2, 0) is 11.2 Å². The van der Waals surface area contributed by atoms with Crippen LogP contribution in [0.15, 0.2) is 18.5 Å². The first-order valence-corrected chi connectivity index (χ1v) is 8.46. The lowest BCUT2D eigenvalue weighted by molar-refractivity contribution is -0.122. The molecule has 24 heavy (non-hydrogen) atoms. The van der Waals surface area contributed by atoms with Crippen LogP contribution in [0, 0.1) is 0 Å². The topological polar surface area (TPSA) is 109 Å². The van der Waals surface area contributed by atoms with E-state index in [9.17, 15) is 9.59 Å². The fraction of sp³-hybridized carbons (Fsp3) is 0.467. The van der Waals surface area contributed by atoms with E-state index < -0.39 is 0 Å². The maximum atomic E-state index is 12.1. The molecule has 2 aromatic heterocycles. The van der Waals surface area contributed by atoms with Crippen molar-refractivity contribution in [1.82, 2.24) is 25.0 Å². The number of hydrogen-bond acceptors (Lipinski definition) is 6. The van der Waals surface area contributed by atoms with Gasteiger partial charge in [-0.1, -0.05) is 0 Å². The molecule has 0 spiro atoms. The van der Waals surface area contributed by atoms with Gasteiger partial charge in [-0.15, -0.1) is 0 Å². The number of carbonyl (C=O) groups is 2. The standard InChI is InChI=1S/C15H19N5O3S/c1-23-13-8-10(24-20-13)14(22)18-9-15(4-5-15)19-12(21)3-2-11-16-6-7-17-11/h6-8H,2-5,9H2,1H3,(H,16,17)(H,18,22)(H,19,21). The van der Waals surface area contributed by atoms with Gasteiger partial charge >= 0.3 is 0 Å². The molecule has 2 amide bonds. The molecule has 3 rings (SSSR count). The highest BCUT2D eigenvalue weighted by Crippen LogP contribution is 2.34. The average Bonchev–Trinajstić information content (AvgIpc) is 3.00. The van der Waals surface area contributed by atoms with Gasteiger partial charge in [-0.25, -0.2) is 4.98 Å². The largest absolute Gasteiger partial charge is 0.480 e. The zero-order valence-corrected chi connectivity index (χ0v) is 14.1. The Balaban J connectivity index is 1.44. The van der Waals surface area contributed by atoms with Gasteiger partial charge in [0.2, 0.25) is 11.8 Å². The highest BCUT2D eigenvalue weighted by Gasteiger charge is 2.44. The van der Waals surface area contributed by atoms with E-state index in [-0.39, 0.29) is 17.4 Å². The van der Waals surface area contributed by atoms with Gasteiger partial charge < -0.3 is 20.4 Å². The Bertz CT molecular complexity index is 709. The van der Waals surface area contributed by atoms with Crippen LogP contribution >= 0.6 is 11.5 Å². The zero-order valence-electron chi connectivity index (χ0n) is 13.3. The SMILES string of the molecule is COc1cc(C(=O)NCC2(NC(=O)CCc3ncc[nH]3)CC2)sn1. The number of aromatic nitrogens is 3. The second kappa shape index (κ2) is 7.00. The Morgan fingerprint density at radius 3 is 2.92 bits per heavy atom. The van der Waals surface area contributed by atoms with Crippen molar-refractivity contribution in [3.8, 4) is 5.88 Å². The van der Waals surface area contributed by atoms with Gasteiger partial charge in [0.15, 0.2) is 0 Å². The average molecular weight is 349 g/mol. The lowest BCUT2D eigenvalue weighted by Crippen LogP contribution is -2.45. The van der Waals surface area contributed by atoms with Gasteiger partial charge in [0, 0.05) is 37.8 Å². The summed E-state index contributed by atoms with van der Waals surface area (Å²) < 4.78 is 8.96.